The number of esters is 1. The number of unbranched alkanes of at least 4 members (excludes halogenated alkanes) is 30. The molecule has 0 heterocycles. The highest BCUT2D eigenvalue weighted by atomic mass is 16.6. The Balaban J connectivity index is 3.39. The summed E-state index contributed by atoms with van der Waals surface area (Å²) in [5.41, 5.74) is 0. The predicted molar refractivity (Wildman–Crippen MR) is 219 cm³/mol. The van der Waals surface area contributed by atoms with E-state index < -0.39 is 6.10 Å². The Labute approximate surface area is 313 Å². The summed E-state index contributed by atoms with van der Waals surface area (Å²) in [5.74, 6) is -0.199. The highest BCUT2D eigenvalue weighted by Gasteiger charge is 2.13. The summed E-state index contributed by atoms with van der Waals surface area (Å²) < 4.78 is 11.2. The number of hydrogen-bond donors (Lipinski definition) is 1. The summed E-state index contributed by atoms with van der Waals surface area (Å²) in [6, 6.07) is 0. The first-order valence-corrected chi connectivity index (χ1v) is 22.4. The number of aliphatic hydroxyl groups excluding tert-OH is 1. The van der Waals surface area contributed by atoms with Gasteiger partial charge in [-0.1, -0.05) is 212 Å². The quantitative estimate of drug-likeness (QED) is 0.0390. The molecule has 1 atom stereocenters. The van der Waals surface area contributed by atoms with Crippen molar-refractivity contribution in [2.24, 2.45) is 0 Å². The van der Waals surface area contributed by atoms with E-state index in [1.54, 1.807) is 0 Å². The van der Waals surface area contributed by atoms with Crippen LogP contribution in [0.15, 0.2) is 24.3 Å². The molecule has 0 rings (SSSR count). The maximum Gasteiger partial charge on any atom is 0.306 e. The number of rotatable bonds is 42. The van der Waals surface area contributed by atoms with Gasteiger partial charge < -0.3 is 14.6 Å². The lowest BCUT2D eigenvalue weighted by atomic mass is 10.0. The normalized spacial score (nSPS) is 12.5. The van der Waals surface area contributed by atoms with Gasteiger partial charge in [0, 0.05) is 13.0 Å². The van der Waals surface area contributed by atoms with Gasteiger partial charge in [0.25, 0.3) is 0 Å². The van der Waals surface area contributed by atoms with Crippen LogP contribution in [0.4, 0.5) is 0 Å². The van der Waals surface area contributed by atoms with Crippen molar-refractivity contribution in [3.05, 3.63) is 24.3 Å². The summed E-state index contributed by atoms with van der Waals surface area (Å²) in [7, 11) is 0. The molecule has 0 aliphatic rings. The van der Waals surface area contributed by atoms with Gasteiger partial charge in [0.05, 0.1) is 13.2 Å². The molecule has 296 valence electrons. The molecule has 0 spiro atoms. The van der Waals surface area contributed by atoms with Gasteiger partial charge in [-0.25, -0.2) is 0 Å². The molecule has 0 amide bonds. The van der Waals surface area contributed by atoms with Gasteiger partial charge >= 0.3 is 5.97 Å². The van der Waals surface area contributed by atoms with E-state index in [1.165, 1.54) is 193 Å². The zero-order valence-electron chi connectivity index (χ0n) is 33.9. The maximum absolute atomic E-state index is 12.2. The first-order valence-electron chi connectivity index (χ1n) is 22.4. The summed E-state index contributed by atoms with van der Waals surface area (Å²) in [5, 5.41) is 9.61. The number of aliphatic hydroxyl groups is 1. The molecule has 4 heteroatoms. The van der Waals surface area contributed by atoms with Crippen molar-refractivity contribution in [2.75, 3.05) is 19.8 Å². The lowest BCUT2D eigenvalue weighted by molar-refractivity contribution is -0.154. The summed E-state index contributed by atoms with van der Waals surface area (Å²) in [6.45, 7) is 5.34. The van der Waals surface area contributed by atoms with Gasteiger partial charge in [-0.05, 0) is 44.9 Å². The summed E-state index contributed by atoms with van der Waals surface area (Å²) in [4.78, 5) is 12.2. The Morgan fingerprint density at radius 2 is 0.840 bits per heavy atom. The zero-order chi connectivity index (χ0) is 36.3. The smallest absolute Gasteiger partial charge is 0.306 e. The molecule has 50 heavy (non-hydrogen) atoms. The van der Waals surface area contributed by atoms with Crippen molar-refractivity contribution in [1.82, 2.24) is 0 Å². The van der Waals surface area contributed by atoms with Crippen molar-refractivity contribution >= 4 is 5.97 Å². The SMILES string of the molecule is CCCCCC/C=C\C/C=C\CCCCCCCCOCC(CO)OC(=O)CCCCCCCCCCCCCCCCCCCCCCC. The molecule has 1 N–H and O–H groups in total. The number of allylic oxidation sites excluding steroid dienone is 4. The van der Waals surface area contributed by atoms with Crippen LogP contribution in [-0.4, -0.2) is 37.0 Å². The lowest BCUT2D eigenvalue weighted by Gasteiger charge is -2.15. The fraction of sp³-hybridized carbons (Fsp3) is 0.891. The largest absolute Gasteiger partial charge is 0.457 e. The molecule has 0 aromatic heterocycles. The van der Waals surface area contributed by atoms with Gasteiger partial charge in [0.15, 0.2) is 0 Å². The van der Waals surface area contributed by atoms with Crippen LogP contribution in [0.25, 0.3) is 0 Å². The fourth-order valence-electron chi connectivity index (χ4n) is 6.65. The van der Waals surface area contributed by atoms with E-state index >= 15 is 0 Å². The molecule has 0 radical (unpaired) electrons. The van der Waals surface area contributed by atoms with Crippen molar-refractivity contribution < 1.29 is 19.4 Å². The number of ether oxygens (including phenoxy) is 2. The minimum atomic E-state index is -0.535. The van der Waals surface area contributed by atoms with Crippen LogP contribution in [0.5, 0.6) is 0 Å². The molecule has 0 aromatic rings. The van der Waals surface area contributed by atoms with Crippen LogP contribution in [-0.2, 0) is 14.3 Å². The van der Waals surface area contributed by atoms with Crippen LogP contribution in [0.1, 0.15) is 239 Å². The van der Waals surface area contributed by atoms with E-state index in [4.69, 9.17) is 9.47 Å². The Kier molecular flexibility index (Phi) is 43.0. The Morgan fingerprint density at radius 1 is 0.480 bits per heavy atom. The van der Waals surface area contributed by atoms with E-state index in [9.17, 15) is 9.90 Å². The van der Waals surface area contributed by atoms with E-state index in [1.807, 2.05) is 0 Å². The number of hydrogen-bond acceptors (Lipinski definition) is 4. The van der Waals surface area contributed by atoms with Gasteiger partial charge in [0.2, 0.25) is 0 Å². The van der Waals surface area contributed by atoms with Gasteiger partial charge in [-0.15, -0.1) is 0 Å². The van der Waals surface area contributed by atoms with Crippen LogP contribution in [0.3, 0.4) is 0 Å². The van der Waals surface area contributed by atoms with Crippen LogP contribution < -0.4 is 0 Å². The molecule has 0 saturated heterocycles. The Morgan fingerprint density at radius 3 is 1.26 bits per heavy atom. The van der Waals surface area contributed by atoms with Crippen molar-refractivity contribution in [2.45, 2.75) is 245 Å². The maximum atomic E-state index is 12.2. The molecule has 0 saturated carbocycles. The third kappa shape index (κ3) is 41.3. The molecular formula is C46H88O4. The third-order valence-corrected chi connectivity index (χ3v) is 10.0. The van der Waals surface area contributed by atoms with Crippen molar-refractivity contribution in [3.8, 4) is 0 Å². The second-order valence-corrected chi connectivity index (χ2v) is 15.1. The van der Waals surface area contributed by atoms with Gasteiger partial charge in [-0.3, -0.25) is 4.79 Å². The van der Waals surface area contributed by atoms with Crippen molar-refractivity contribution in [3.63, 3.8) is 0 Å². The Bertz CT molecular complexity index is 702. The van der Waals surface area contributed by atoms with Crippen LogP contribution >= 0.6 is 0 Å². The van der Waals surface area contributed by atoms with Crippen LogP contribution in [0.2, 0.25) is 0 Å². The second kappa shape index (κ2) is 44.0. The molecular weight excluding hydrogens is 617 g/mol. The highest BCUT2D eigenvalue weighted by molar-refractivity contribution is 5.69. The standard InChI is InChI=1S/C46H88O4/c1-3-5-7-9-11-13-15-17-19-21-22-23-24-25-27-29-31-33-35-37-39-41-46(48)50-45(43-47)44-49-42-40-38-36-34-32-30-28-26-20-18-16-14-12-10-8-6-4-2/h14,16,20,26,45,47H,3-13,15,17-19,21-25,27-44H2,1-2H3/b16-14-,26-20-. The molecule has 0 fully saturated rings. The van der Waals surface area contributed by atoms with E-state index in [-0.39, 0.29) is 12.6 Å². The first kappa shape index (κ1) is 48.9. The minimum absolute atomic E-state index is 0.172. The topological polar surface area (TPSA) is 55.8 Å². The lowest BCUT2D eigenvalue weighted by Crippen LogP contribution is -2.27. The number of carbonyl (C=O) groups excluding carboxylic acids is 1. The average Bonchev–Trinajstić information content (AvgIpc) is 3.12. The Hall–Kier alpha value is -1.13. The highest BCUT2D eigenvalue weighted by Crippen LogP contribution is 2.16. The van der Waals surface area contributed by atoms with Crippen LogP contribution in [0, 0.1) is 0 Å². The molecule has 0 aliphatic carbocycles. The van der Waals surface area contributed by atoms with E-state index in [2.05, 4.69) is 38.2 Å². The molecule has 4 nitrogen and oxygen atoms in total. The van der Waals surface area contributed by atoms with Gasteiger partial charge in [-0.2, -0.15) is 0 Å². The zero-order valence-corrected chi connectivity index (χ0v) is 33.9. The molecule has 0 aromatic carbocycles. The summed E-state index contributed by atoms with van der Waals surface area (Å²) >= 11 is 0. The minimum Gasteiger partial charge on any atom is -0.457 e. The second-order valence-electron chi connectivity index (χ2n) is 15.1. The van der Waals surface area contributed by atoms with Gasteiger partial charge in [0.1, 0.15) is 6.10 Å². The fourth-order valence-corrected chi connectivity index (χ4v) is 6.65. The average molecular weight is 705 g/mol. The number of carbonyl (C=O) groups is 1. The van der Waals surface area contributed by atoms with Crippen molar-refractivity contribution in [1.29, 1.82) is 0 Å². The first-order chi connectivity index (χ1) is 24.7. The molecule has 0 bridgehead atoms. The third-order valence-electron chi connectivity index (χ3n) is 10.0. The predicted octanol–water partition coefficient (Wildman–Crippen LogP) is 14.7. The molecule has 1 unspecified atom stereocenters. The molecule has 0 aliphatic heterocycles. The monoisotopic (exact) mass is 705 g/mol. The summed E-state index contributed by atoms with van der Waals surface area (Å²) in [6.07, 6.45) is 53.9. The van der Waals surface area contributed by atoms with E-state index in [0.717, 1.165) is 25.7 Å². The van der Waals surface area contributed by atoms with E-state index in [0.29, 0.717) is 19.6 Å².